The van der Waals surface area contributed by atoms with Gasteiger partial charge in [-0.3, -0.25) is 0 Å². The van der Waals surface area contributed by atoms with Gasteiger partial charge in [-0.2, -0.15) is 0 Å². The highest BCUT2D eigenvalue weighted by molar-refractivity contribution is 4.84. The zero-order chi connectivity index (χ0) is 10.0. The first-order valence-corrected chi connectivity index (χ1v) is 6.10. The molecule has 82 valence electrons. The van der Waals surface area contributed by atoms with Crippen LogP contribution in [0.4, 0.5) is 0 Å². The fourth-order valence-corrected chi connectivity index (χ4v) is 3.04. The Morgan fingerprint density at radius 1 is 1.29 bits per heavy atom. The number of nitrogens with zero attached hydrogens (tertiary/aromatic N) is 1. The molecule has 1 aliphatic carbocycles. The van der Waals surface area contributed by atoms with Crippen molar-refractivity contribution in [2.75, 3.05) is 19.6 Å². The van der Waals surface area contributed by atoms with Crippen LogP contribution in [0.25, 0.3) is 0 Å². The van der Waals surface area contributed by atoms with Gasteiger partial charge in [0, 0.05) is 13.1 Å². The van der Waals surface area contributed by atoms with E-state index in [1.807, 2.05) is 6.92 Å². The molecule has 0 aromatic rings. The Hall–Kier alpha value is -0.0800. The van der Waals surface area contributed by atoms with Crippen molar-refractivity contribution >= 4 is 0 Å². The second kappa shape index (κ2) is 4.19. The molecule has 0 radical (unpaired) electrons. The van der Waals surface area contributed by atoms with Crippen LogP contribution in [0.2, 0.25) is 0 Å². The van der Waals surface area contributed by atoms with Gasteiger partial charge in [0.25, 0.3) is 0 Å². The number of β-amino-alcohol motifs (C(OH)–C–C–N with tert-alkyl or cyclic N) is 1. The molecule has 1 saturated heterocycles. The second-order valence-electron chi connectivity index (χ2n) is 5.49. The summed E-state index contributed by atoms with van der Waals surface area (Å²) in [5.41, 5.74) is -0.420. The molecule has 1 N–H and O–H groups in total. The summed E-state index contributed by atoms with van der Waals surface area (Å²) in [4.78, 5) is 2.47. The van der Waals surface area contributed by atoms with Crippen molar-refractivity contribution in [1.29, 1.82) is 0 Å². The van der Waals surface area contributed by atoms with Crippen LogP contribution in [0.15, 0.2) is 0 Å². The van der Waals surface area contributed by atoms with E-state index < -0.39 is 5.60 Å². The fourth-order valence-electron chi connectivity index (χ4n) is 3.04. The average molecular weight is 197 g/mol. The highest BCUT2D eigenvalue weighted by atomic mass is 16.3. The number of rotatable bonds is 2. The van der Waals surface area contributed by atoms with E-state index in [9.17, 15) is 5.11 Å². The summed E-state index contributed by atoms with van der Waals surface area (Å²) in [7, 11) is 0. The third-order valence-corrected chi connectivity index (χ3v) is 3.75. The lowest BCUT2D eigenvalue weighted by molar-refractivity contribution is -0.0196. The van der Waals surface area contributed by atoms with Crippen LogP contribution in [0, 0.1) is 5.92 Å². The van der Waals surface area contributed by atoms with Crippen molar-refractivity contribution in [3.05, 3.63) is 0 Å². The minimum absolute atomic E-state index is 0.420. The summed E-state index contributed by atoms with van der Waals surface area (Å²) >= 11 is 0. The Labute approximate surface area is 87.3 Å². The topological polar surface area (TPSA) is 23.5 Å². The summed E-state index contributed by atoms with van der Waals surface area (Å²) in [6.07, 6.45) is 7.83. The molecule has 2 aliphatic rings. The third kappa shape index (κ3) is 2.71. The molecule has 2 fully saturated rings. The third-order valence-electron chi connectivity index (χ3n) is 3.75. The van der Waals surface area contributed by atoms with Gasteiger partial charge in [-0.1, -0.05) is 12.8 Å². The molecule has 1 saturated carbocycles. The Morgan fingerprint density at radius 2 is 2.00 bits per heavy atom. The summed E-state index contributed by atoms with van der Waals surface area (Å²) in [5, 5.41) is 9.98. The molecule has 1 atom stereocenters. The lowest BCUT2D eigenvalue weighted by Crippen LogP contribution is -2.47. The minimum Gasteiger partial charge on any atom is -0.389 e. The maximum absolute atomic E-state index is 9.98. The summed E-state index contributed by atoms with van der Waals surface area (Å²) in [6.45, 7) is 5.31. The molecule has 0 bridgehead atoms. The Balaban J connectivity index is 1.79. The van der Waals surface area contributed by atoms with Gasteiger partial charge in [-0.05, 0) is 45.1 Å². The number of aliphatic hydroxyl groups is 1. The molecule has 2 rings (SSSR count). The normalized spacial score (nSPS) is 36.4. The van der Waals surface area contributed by atoms with Crippen molar-refractivity contribution in [2.45, 2.75) is 51.0 Å². The number of likely N-dealkylation sites (tertiary alicyclic amines) is 1. The van der Waals surface area contributed by atoms with Crippen LogP contribution in [-0.4, -0.2) is 35.2 Å². The molecule has 2 nitrogen and oxygen atoms in total. The zero-order valence-corrected chi connectivity index (χ0v) is 9.34. The maximum Gasteiger partial charge on any atom is 0.0746 e. The molecule has 0 amide bonds. The number of hydrogen-bond donors (Lipinski definition) is 1. The van der Waals surface area contributed by atoms with E-state index in [0.29, 0.717) is 0 Å². The van der Waals surface area contributed by atoms with Gasteiger partial charge < -0.3 is 10.0 Å². The van der Waals surface area contributed by atoms with Crippen LogP contribution in [-0.2, 0) is 0 Å². The molecule has 14 heavy (non-hydrogen) atoms. The van der Waals surface area contributed by atoms with Gasteiger partial charge in [-0.25, -0.2) is 0 Å². The van der Waals surface area contributed by atoms with Gasteiger partial charge in [0.15, 0.2) is 0 Å². The van der Waals surface area contributed by atoms with Crippen molar-refractivity contribution in [3.8, 4) is 0 Å². The van der Waals surface area contributed by atoms with Crippen molar-refractivity contribution in [2.24, 2.45) is 5.92 Å². The number of hydrogen-bond acceptors (Lipinski definition) is 2. The monoisotopic (exact) mass is 197 g/mol. The number of piperidine rings is 1. The molecule has 1 aliphatic heterocycles. The van der Waals surface area contributed by atoms with E-state index in [-0.39, 0.29) is 0 Å². The summed E-state index contributed by atoms with van der Waals surface area (Å²) in [6, 6.07) is 0. The van der Waals surface area contributed by atoms with Crippen LogP contribution in [0.1, 0.15) is 45.4 Å². The first kappa shape index (κ1) is 10.4. The quantitative estimate of drug-likeness (QED) is 0.732. The molecule has 1 unspecified atom stereocenters. The average Bonchev–Trinajstić information content (AvgIpc) is 2.54. The molecule has 0 spiro atoms. The smallest absolute Gasteiger partial charge is 0.0746 e. The molecule has 0 aromatic carbocycles. The first-order valence-electron chi connectivity index (χ1n) is 6.10. The molecule has 2 heteroatoms. The van der Waals surface area contributed by atoms with E-state index in [1.165, 1.54) is 45.2 Å². The van der Waals surface area contributed by atoms with Crippen LogP contribution in [0.5, 0.6) is 0 Å². The van der Waals surface area contributed by atoms with Gasteiger partial charge in [0.05, 0.1) is 5.60 Å². The van der Waals surface area contributed by atoms with E-state index >= 15 is 0 Å². The second-order valence-corrected chi connectivity index (χ2v) is 5.49. The minimum atomic E-state index is -0.420. The van der Waals surface area contributed by atoms with E-state index in [0.717, 1.165) is 18.9 Å². The van der Waals surface area contributed by atoms with Crippen LogP contribution < -0.4 is 0 Å². The van der Waals surface area contributed by atoms with Gasteiger partial charge in [0.1, 0.15) is 0 Å². The van der Waals surface area contributed by atoms with E-state index in [2.05, 4.69) is 4.90 Å². The highest BCUT2D eigenvalue weighted by Gasteiger charge is 2.29. The zero-order valence-electron chi connectivity index (χ0n) is 9.34. The molecular weight excluding hydrogens is 174 g/mol. The first-order chi connectivity index (χ1) is 6.66. The van der Waals surface area contributed by atoms with Crippen molar-refractivity contribution in [1.82, 2.24) is 4.90 Å². The largest absolute Gasteiger partial charge is 0.389 e. The fraction of sp³-hybridized carbons (Fsp3) is 1.00. The Bertz CT molecular complexity index is 185. The van der Waals surface area contributed by atoms with Crippen LogP contribution in [0.3, 0.4) is 0 Å². The molecule has 0 aromatic heterocycles. The summed E-state index contributed by atoms with van der Waals surface area (Å²) < 4.78 is 0. The van der Waals surface area contributed by atoms with Crippen molar-refractivity contribution in [3.63, 3.8) is 0 Å². The predicted molar refractivity (Wildman–Crippen MR) is 58.3 cm³/mol. The van der Waals surface area contributed by atoms with Crippen molar-refractivity contribution < 1.29 is 5.11 Å². The Morgan fingerprint density at radius 3 is 2.64 bits per heavy atom. The molecule has 1 heterocycles. The standard InChI is InChI=1S/C12H23NO/c1-12(14)7-4-8-13(10-12)9-11-5-2-3-6-11/h11,14H,2-10H2,1H3. The summed E-state index contributed by atoms with van der Waals surface area (Å²) in [5.74, 6) is 0.920. The van der Waals surface area contributed by atoms with E-state index in [4.69, 9.17) is 0 Å². The Kier molecular flexibility index (Phi) is 3.13. The lowest BCUT2D eigenvalue weighted by atomic mass is 9.94. The highest BCUT2D eigenvalue weighted by Crippen LogP contribution is 2.28. The van der Waals surface area contributed by atoms with E-state index in [1.54, 1.807) is 0 Å². The lowest BCUT2D eigenvalue weighted by Gasteiger charge is -2.38. The van der Waals surface area contributed by atoms with Gasteiger partial charge in [0.2, 0.25) is 0 Å². The molecular formula is C12H23NO. The predicted octanol–water partition coefficient (Wildman–Crippen LogP) is 2.02. The van der Waals surface area contributed by atoms with Gasteiger partial charge in [-0.15, -0.1) is 0 Å². The van der Waals surface area contributed by atoms with Crippen LogP contribution >= 0.6 is 0 Å². The SMILES string of the molecule is CC1(O)CCCN(CC2CCCC2)C1. The maximum atomic E-state index is 9.98. The van der Waals surface area contributed by atoms with Gasteiger partial charge >= 0.3 is 0 Å².